The Kier molecular flexibility index (Phi) is 7.44. The van der Waals surface area contributed by atoms with Crippen LogP contribution in [-0.2, 0) is 4.79 Å². The molecule has 170 valence electrons. The number of hydrogen-bond donors (Lipinski definition) is 0. The van der Waals surface area contributed by atoms with Crippen LogP contribution in [0.2, 0.25) is 10.0 Å². The third kappa shape index (κ3) is 5.49. The SMILES string of the molecule is O=C(CCN1CCN(C(=O)c2ccc(Cl)cc2Cl)CC1)N1CCN(c2ncccn2)CC1. The summed E-state index contributed by atoms with van der Waals surface area (Å²) in [5.74, 6) is 0.805. The molecule has 10 heteroatoms. The average molecular weight is 477 g/mol. The van der Waals surface area contributed by atoms with Crippen molar-refractivity contribution in [1.29, 1.82) is 0 Å². The van der Waals surface area contributed by atoms with Gasteiger partial charge in [-0.2, -0.15) is 0 Å². The first-order chi connectivity index (χ1) is 15.5. The van der Waals surface area contributed by atoms with Gasteiger partial charge in [-0.25, -0.2) is 9.97 Å². The molecule has 2 amide bonds. The summed E-state index contributed by atoms with van der Waals surface area (Å²) in [6.07, 6.45) is 3.95. The van der Waals surface area contributed by atoms with Crippen molar-refractivity contribution >= 4 is 41.0 Å². The van der Waals surface area contributed by atoms with Gasteiger partial charge in [-0.05, 0) is 24.3 Å². The van der Waals surface area contributed by atoms with E-state index in [0.29, 0.717) is 60.7 Å². The van der Waals surface area contributed by atoms with Crippen LogP contribution >= 0.6 is 23.2 Å². The van der Waals surface area contributed by atoms with E-state index >= 15 is 0 Å². The summed E-state index contributed by atoms with van der Waals surface area (Å²) >= 11 is 12.1. The molecular weight excluding hydrogens is 451 g/mol. The summed E-state index contributed by atoms with van der Waals surface area (Å²) in [6.45, 7) is 6.25. The Morgan fingerprint density at radius 2 is 1.53 bits per heavy atom. The van der Waals surface area contributed by atoms with E-state index in [1.54, 1.807) is 41.6 Å². The summed E-state index contributed by atoms with van der Waals surface area (Å²) in [4.78, 5) is 42.0. The van der Waals surface area contributed by atoms with Gasteiger partial charge in [0, 0.05) is 82.7 Å². The lowest BCUT2D eigenvalue weighted by Crippen LogP contribution is -2.51. The number of carbonyl (C=O) groups is 2. The van der Waals surface area contributed by atoms with Crippen molar-refractivity contribution in [3.8, 4) is 0 Å². The maximum Gasteiger partial charge on any atom is 0.255 e. The third-order valence-electron chi connectivity index (χ3n) is 5.93. The zero-order chi connectivity index (χ0) is 22.5. The Hall–Kier alpha value is -2.42. The van der Waals surface area contributed by atoms with Gasteiger partial charge in [-0.1, -0.05) is 23.2 Å². The zero-order valence-corrected chi connectivity index (χ0v) is 19.3. The minimum absolute atomic E-state index is 0.0809. The van der Waals surface area contributed by atoms with Gasteiger partial charge in [0.1, 0.15) is 0 Å². The Balaban J connectivity index is 1.19. The van der Waals surface area contributed by atoms with E-state index in [1.807, 2.05) is 4.90 Å². The van der Waals surface area contributed by atoms with Crippen LogP contribution in [0.4, 0.5) is 5.95 Å². The maximum absolute atomic E-state index is 12.7. The number of nitrogens with zero attached hydrogens (tertiary/aromatic N) is 6. The smallest absolute Gasteiger partial charge is 0.255 e. The highest BCUT2D eigenvalue weighted by Gasteiger charge is 2.26. The highest BCUT2D eigenvalue weighted by atomic mass is 35.5. The molecule has 2 fully saturated rings. The van der Waals surface area contributed by atoms with Crippen molar-refractivity contribution in [2.45, 2.75) is 6.42 Å². The van der Waals surface area contributed by atoms with Crippen molar-refractivity contribution in [3.63, 3.8) is 0 Å². The normalized spacial score (nSPS) is 17.5. The van der Waals surface area contributed by atoms with Crippen LogP contribution in [0.3, 0.4) is 0 Å². The Labute approximate surface area is 197 Å². The van der Waals surface area contributed by atoms with Gasteiger partial charge in [-0.3, -0.25) is 14.5 Å². The predicted molar refractivity (Wildman–Crippen MR) is 124 cm³/mol. The molecule has 0 spiro atoms. The van der Waals surface area contributed by atoms with Gasteiger partial charge in [0.25, 0.3) is 5.91 Å². The molecule has 2 aromatic rings. The molecule has 0 unspecified atom stereocenters. The van der Waals surface area contributed by atoms with Gasteiger partial charge in [0.2, 0.25) is 11.9 Å². The molecule has 0 bridgehead atoms. The van der Waals surface area contributed by atoms with Crippen LogP contribution in [0.5, 0.6) is 0 Å². The second-order valence-electron chi connectivity index (χ2n) is 7.92. The first kappa shape index (κ1) is 22.8. The number of rotatable bonds is 5. The largest absolute Gasteiger partial charge is 0.339 e. The number of piperazine rings is 2. The predicted octanol–water partition coefficient (Wildman–Crippen LogP) is 2.28. The molecule has 0 atom stereocenters. The Morgan fingerprint density at radius 1 is 0.875 bits per heavy atom. The Bertz CT molecular complexity index is 945. The molecular formula is C22H26Cl2N6O2. The van der Waals surface area contributed by atoms with E-state index in [2.05, 4.69) is 19.8 Å². The Morgan fingerprint density at radius 3 is 2.19 bits per heavy atom. The monoisotopic (exact) mass is 476 g/mol. The van der Waals surface area contributed by atoms with Crippen molar-refractivity contribution in [1.82, 2.24) is 24.7 Å². The molecule has 2 saturated heterocycles. The molecule has 8 nitrogen and oxygen atoms in total. The van der Waals surface area contributed by atoms with Crippen molar-refractivity contribution in [3.05, 3.63) is 52.3 Å². The van der Waals surface area contributed by atoms with Gasteiger partial charge < -0.3 is 14.7 Å². The minimum atomic E-state index is -0.0809. The van der Waals surface area contributed by atoms with Crippen molar-refractivity contribution < 1.29 is 9.59 Å². The number of hydrogen-bond acceptors (Lipinski definition) is 6. The second-order valence-corrected chi connectivity index (χ2v) is 8.77. The fourth-order valence-corrected chi connectivity index (χ4v) is 4.52. The van der Waals surface area contributed by atoms with Gasteiger partial charge in [0.15, 0.2) is 0 Å². The number of halogens is 2. The first-order valence-corrected chi connectivity index (χ1v) is 11.5. The molecule has 32 heavy (non-hydrogen) atoms. The molecule has 0 saturated carbocycles. The highest BCUT2D eigenvalue weighted by Crippen LogP contribution is 2.23. The number of aromatic nitrogens is 2. The van der Waals surface area contributed by atoms with E-state index < -0.39 is 0 Å². The van der Waals surface area contributed by atoms with Gasteiger partial charge in [0.05, 0.1) is 10.6 Å². The number of amides is 2. The summed E-state index contributed by atoms with van der Waals surface area (Å²) in [5.41, 5.74) is 0.472. The molecule has 1 aromatic heterocycles. The van der Waals surface area contributed by atoms with E-state index in [9.17, 15) is 9.59 Å². The zero-order valence-electron chi connectivity index (χ0n) is 17.8. The molecule has 4 rings (SSSR count). The number of anilines is 1. The minimum Gasteiger partial charge on any atom is -0.339 e. The lowest BCUT2D eigenvalue weighted by molar-refractivity contribution is -0.131. The molecule has 0 radical (unpaired) electrons. The van der Waals surface area contributed by atoms with E-state index in [1.165, 1.54) is 0 Å². The summed E-state index contributed by atoms with van der Waals surface area (Å²) in [6, 6.07) is 6.73. The van der Waals surface area contributed by atoms with Gasteiger partial charge >= 0.3 is 0 Å². The summed E-state index contributed by atoms with van der Waals surface area (Å²) in [7, 11) is 0. The second kappa shape index (κ2) is 10.5. The third-order valence-corrected chi connectivity index (χ3v) is 6.48. The maximum atomic E-state index is 12.7. The lowest BCUT2D eigenvalue weighted by Gasteiger charge is -2.36. The summed E-state index contributed by atoms with van der Waals surface area (Å²) < 4.78 is 0. The number of benzene rings is 1. The average Bonchev–Trinajstić information content (AvgIpc) is 2.83. The molecule has 1 aromatic carbocycles. The fraction of sp³-hybridized carbons (Fsp3) is 0.455. The van der Waals surface area contributed by atoms with E-state index in [4.69, 9.17) is 23.2 Å². The fourth-order valence-electron chi connectivity index (χ4n) is 4.03. The number of carbonyl (C=O) groups excluding carboxylic acids is 2. The molecule has 3 heterocycles. The van der Waals surface area contributed by atoms with Crippen molar-refractivity contribution in [2.24, 2.45) is 0 Å². The quantitative estimate of drug-likeness (QED) is 0.658. The van der Waals surface area contributed by atoms with Gasteiger partial charge in [-0.15, -0.1) is 0 Å². The van der Waals surface area contributed by atoms with Crippen LogP contribution in [0.15, 0.2) is 36.7 Å². The lowest BCUT2D eigenvalue weighted by atomic mass is 10.1. The first-order valence-electron chi connectivity index (χ1n) is 10.8. The topological polar surface area (TPSA) is 72.9 Å². The molecule has 2 aliphatic heterocycles. The van der Waals surface area contributed by atoms with Crippen LogP contribution in [0.1, 0.15) is 16.8 Å². The highest BCUT2D eigenvalue weighted by molar-refractivity contribution is 6.36. The molecule has 0 aliphatic carbocycles. The van der Waals surface area contributed by atoms with Crippen LogP contribution in [0, 0.1) is 0 Å². The van der Waals surface area contributed by atoms with E-state index in [-0.39, 0.29) is 11.8 Å². The molecule has 2 aliphatic rings. The molecule has 0 N–H and O–H groups in total. The van der Waals surface area contributed by atoms with Crippen LogP contribution in [-0.4, -0.2) is 95.4 Å². The van der Waals surface area contributed by atoms with E-state index in [0.717, 1.165) is 26.2 Å². The van der Waals surface area contributed by atoms with Crippen LogP contribution < -0.4 is 4.90 Å². The van der Waals surface area contributed by atoms with Crippen LogP contribution in [0.25, 0.3) is 0 Å². The summed E-state index contributed by atoms with van der Waals surface area (Å²) in [5, 5.41) is 0.880. The standard InChI is InChI=1S/C22H26Cl2N6O2/c23-17-2-3-18(19(24)16-17)21(32)29-10-8-27(9-11-29)7-4-20(31)28-12-14-30(15-13-28)22-25-5-1-6-26-22/h1-3,5-6,16H,4,7-15H2. The van der Waals surface area contributed by atoms with Crippen molar-refractivity contribution in [2.75, 3.05) is 63.8 Å².